The molecule has 0 saturated heterocycles. The third-order valence-electron chi connectivity index (χ3n) is 2.28. The molecule has 0 unspecified atom stereocenters. The highest BCUT2D eigenvalue weighted by atomic mass is 16.5. The van der Waals surface area contributed by atoms with Gasteiger partial charge < -0.3 is 4.74 Å². The van der Waals surface area contributed by atoms with Crippen LogP contribution >= 0.6 is 0 Å². The first-order valence-corrected chi connectivity index (χ1v) is 5.10. The van der Waals surface area contributed by atoms with Crippen molar-refractivity contribution in [3.05, 3.63) is 55.1 Å². The number of fused-ring (bicyclic) bond motifs is 1. The van der Waals surface area contributed by atoms with Crippen LogP contribution in [0.4, 0.5) is 0 Å². The smallest absolute Gasteiger partial charge is 0.315 e. The summed E-state index contributed by atoms with van der Waals surface area (Å²) in [5.74, 6) is 0.316. The molecule has 0 amide bonds. The number of benzene rings is 2. The quantitative estimate of drug-likeness (QED) is 0.443. The first-order valence-electron chi connectivity index (χ1n) is 5.10. The summed E-state index contributed by atoms with van der Waals surface area (Å²) in [4.78, 5) is 11.4. The Hall–Kier alpha value is -2.09. The highest BCUT2D eigenvalue weighted by molar-refractivity contribution is 5.90. The average molecular weight is 212 g/mol. The number of rotatable bonds is 3. The lowest BCUT2D eigenvalue weighted by Gasteiger charge is -2.06. The molecule has 0 atom stereocenters. The van der Waals surface area contributed by atoms with Gasteiger partial charge in [0.2, 0.25) is 0 Å². The minimum absolute atomic E-state index is 0.225. The van der Waals surface area contributed by atoms with Crippen molar-refractivity contribution in [1.82, 2.24) is 0 Å². The molecule has 2 aromatic rings. The molecule has 16 heavy (non-hydrogen) atoms. The van der Waals surface area contributed by atoms with Crippen LogP contribution < -0.4 is 4.74 Å². The van der Waals surface area contributed by atoms with Crippen LogP contribution in [0.5, 0.6) is 5.75 Å². The van der Waals surface area contributed by atoms with E-state index in [4.69, 9.17) is 4.74 Å². The third-order valence-corrected chi connectivity index (χ3v) is 2.28. The zero-order valence-electron chi connectivity index (χ0n) is 8.85. The van der Waals surface area contributed by atoms with Crippen molar-refractivity contribution in [2.24, 2.45) is 0 Å². The van der Waals surface area contributed by atoms with Gasteiger partial charge in [0.15, 0.2) is 0 Å². The molecule has 0 aromatic heterocycles. The van der Waals surface area contributed by atoms with Crippen LogP contribution in [0, 0.1) is 0 Å². The van der Waals surface area contributed by atoms with E-state index >= 15 is 0 Å². The molecule has 0 aliphatic rings. The molecule has 0 aliphatic heterocycles. The van der Waals surface area contributed by atoms with Crippen LogP contribution in [0.3, 0.4) is 0 Å². The van der Waals surface area contributed by atoms with Crippen molar-refractivity contribution in [3.63, 3.8) is 0 Å². The number of ether oxygens (including phenoxy) is 1. The number of carbonyl (C=O) groups is 1. The van der Waals surface area contributed by atoms with Crippen LogP contribution in [-0.2, 0) is 4.79 Å². The fourth-order valence-corrected chi connectivity index (χ4v) is 1.57. The molecule has 0 bridgehead atoms. The van der Waals surface area contributed by atoms with Crippen molar-refractivity contribution >= 4 is 16.7 Å². The van der Waals surface area contributed by atoms with Crippen LogP contribution in [0.25, 0.3) is 10.8 Å². The van der Waals surface area contributed by atoms with Crippen molar-refractivity contribution in [3.8, 4) is 5.75 Å². The molecule has 0 radical (unpaired) electrons. The maximum absolute atomic E-state index is 11.4. The summed E-state index contributed by atoms with van der Waals surface area (Å²) in [6.07, 6.45) is 1.76. The molecule has 2 heteroatoms. The Morgan fingerprint density at radius 1 is 1.19 bits per heavy atom. The van der Waals surface area contributed by atoms with E-state index in [1.54, 1.807) is 6.07 Å². The Balaban J connectivity index is 2.37. The van der Waals surface area contributed by atoms with Gasteiger partial charge in [-0.15, -0.1) is 6.58 Å². The number of esters is 1. The van der Waals surface area contributed by atoms with Gasteiger partial charge in [0.05, 0.1) is 6.42 Å². The van der Waals surface area contributed by atoms with Crippen molar-refractivity contribution < 1.29 is 9.53 Å². The van der Waals surface area contributed by atoms with Gasteiger partial charge in [0, 0.05) is 5.39 Å². The molecule has 2 nitrogen and oxygen atoms in total. The third kappa shape index (κ3) is 2.11. The molecule has 80 valence electrons. The predicted molar refractivity (Wildman–Crippen MR) is 64.4 cm³/mol. The lowest BCUT2D eigenvalue weighted by atomic mass is 10.1. The van der Waals surface area contributed by atoms with E-state index in [0.717, 1.165) is 10.8 Å². The maximum atomic E-state index is 11.4. The van der Waals surface area contributed by atoms with Gasteiger partial charge in [-0.05, 0) is 11.5 Å². The Morgan fingerprint density at radius 2 is 1.94 bits per heavy atom. The van der Waals surface area contributed by atoms with Gasteiger partial charge in [-0.1, -0.05) is 42.5 Å². The van der Waals surface area contributed by atoms with E-state index in [2.05, 4.69) is 6.58 Å². The van der Waals surface area contributed by atoms with Gasteiger partial charge in [-0.3, -0.25) is 4.79 Å². The fraction of sp³-hybridized carbons (Fsp3) is 0.0714. The van der Waals surface area contributed by atoms with Crippen molar-refractivity contribution in [2.75, 3.05) is 0 Å². The Bertz CT molecular complexity index is 524. The molecular formula is C14H12O2. The first kappa shape index (κ1) is 10.4. The van der Waals surface area contributed by atoms with E-state index in [1.807, 2.05) is 36.4 Å². The lowest BCUT2D eigenvalue weighted by molar-refractivity contribution is -0.133. The predicted octanol–water partition coefficient (Wildman–Crippen LogP) is 3.32. The number of carbonyl (C=O) groups excluding carboxylic acids is 1. The highest BCUT2D eigenvalue weighted by Crippen LogP contribution is 2.25. The molecule has 0 fully saturated rings. The van der Waals surface area contributed by atoms with E-state index in [-0.39, 0.29) is 12.4 Å². The summed E-state index contributed by atoms with van der Waals surface area (Å²) >= 11 is 0. The topological polar surface area (TPSA) is 26.3 Å². The Labute approximate surface area is 94.2 Å². The molecule has 0 saturated carbocycles. The molecule has 2 aromatic carbocycles. The maximum Gasteiger partial charge on any atom is 0.315 e. The summed E-state index contributed by atoms with van der Waals surface area (Å²) in [7, 11) is 0. The molecule has 2 rings (SSSR count). The second-order valence-corrected chi connectivity index (χ2v) is 3.44. The first-order chi connectivity index (χ1) is 7.81. The lowest BCUT2D eigenvalue weighted by Crippen LogP contribution is -2.06. The van der Waals surface area contributed by atoms with Gasteiger partial charge in [-0.25, -0.2) is 0 Å². The van der Waals surface area contributed by atoms with Gasteiger partial charge in [0.1, 0.15) is 5.75 Å². The minimum atomic E-state index is -0.286. The zero-order valence-corrected chi connectivity index (χ0v) is 8.85. The average Bonchev–Trinajstić information content (AvgIpc) is 2.30. The van der Waals surface area contributed by atoms with Crippen molar-refractivity contribution in [1.29, 1.82) is 0 Å². The number of hydrogen-bond acceptors (Lipinski definition) is 2. The summed E-state index contributed by atoms with van der Waals surface area (Å²) in [5, 5.41) is 2.01. The van der Waals surface area contributed by atoms with Gasteiger partial charge in [0.25, 0.3) is 0 Å². The fourth-order valence-electron chi connectivity index (χ4n) is 1.57. The Kier molecular flexibility index (Phi) is 3.01. The van der Waals surface area contributed by atoms with Crippen LogP contribution in [0.2, 0.25) is 0 Å². The molecule has 0 spiro atoms. The van der Waals surface area contributed by atoms with Crippen molar-refractivity contribution in [2.45, 2.75) is 6.42 Å². The van der Waals surface area contributed by atoms with E-state index in [9.17, 15) is 4.79 Å². The summed E-state index contributed by atoms with van der Waals surface area (Å²) in [6, 6.07) is 13.5. The van der Waals surface area contributed by atoms with Crippen LogP contribution in [0.15, 0.2) is 55.1 Å². The number of hydrogen-bond donors (Lipinski definition) is 0. The van der Waals surface area contributed by atoms with Gasteiger partial charge in [-0.2, -0.15) is 0 Å². The second kappa shape index (κ2) is 4.62. The SMILES string of the molecule is C=CCC(=O)Oc1cccc2ccccc12. The summed E-state index contributed by atoms with van der Waals surface area (Å²) in [5.41, 5.74) is 0. The second-order valence-electron chi connectivity index (χ2n) is 3.44. The minimum Gasteiger partial charge on any atom is -0.426 e. The van der Waals surface area contributed by atoms with Crippen LogP contribution in [0.1, 0.15) is 6.42 Å². The normalized spacial score (nSPS) is 10.0. The monoisotopic (exact) mass is 212 g/mol. The molecular weight excluding hydrogens is 200 g/mol. The van der Waals surface area contributed by atoms with E-state index in [0.29, 0.717) is 5.75 Å². The molecule has 0 aliphatic carbocycles. The van der Waals surface area contributed by atoms with Crippen LogP contribution in [-0.4, -0.2) is 5.97 Å². The molecule has 0 N–H and O–H groups in total. The van der Waals surface area contributed by atoms with E-state index < -0.39 is 0 Å². The standard InChI is InChI=1S/C14H12O2/c1-2-6-14(15)16-13-10-5-8-11-7-3-4-9-12(11)13/h2-5,7-10H,1,6H2. The summed E-state index contributed by atoms with van der Waals surface area (Å²) in [6.45, 7) is 3.50. The molecule has 0 heterocycles. The highest BCUT2D eigenvalue weighted by Gasteiger charge is 2.05. The Morgan fingerprint density at radius 3 is 2.75 bits per heavy atom. The van der Waals surface area contributed by atoms with Gasteiger partial charge >= 0.3 is 5.97 Å². The zero-order chi connectivity index (χ0) is 11.4. The summed E-state index contributed by atoms with van der Waals surface area (Å²) < 4.78 is 5.26. The van der Waals surface area contributed by atoms with E-state index in [1.165, 1.54) is 6.08 Å². The largest absolute Gasteiger partial charge is 0.426 e.